The van der Waals surface area contributed by atoms with Crippen LogP contribution in [-0.2, 0) is 13.1 Å². The maximum absolute atomic E-state index is 13.8. The molecule has 5 rings (SSSR count). The monoisotopic (exact) mass is 437 g/mol. The molecule has 3 heterocycles. The van der Waals surface area contributed by atoms with E-state index in [-0.39, 0.29) is 11.6 Å². The second-order valence-corrected chi connectivity index (χ2v) is 8.89. The topological polar surface area (TPSA) is 83.3 Å². The molecule has 0 spiro atoms. The Morgan fingerprint density at radius 1 is 1.25 bits per heavy atom. The van der Waals surface area contributed by atoms with Gasteiger partial charge in [-0.05, 0) is 54.5 Å². The number of aliphatic hydroxyl groups excluding tert-OH is 1. The summed E-state index contributed by atoms with van der Waals surface area (Å²) in [4.78, 5) is 22.3. The van der Waals surface area contributed by atoms with Crippen LogP contribution in [0.25, 0.3) is 10.9 Å². The van der Waals surface area contributed by atoms with E-state index in [9.17, 15) is 9.18 Å². The fraction of sp³-hybridized carbons (Fsp3) is 0.458. The molecule has 1 aliphatic carbocycles. The smallest absolute Gasteiger partial charge is 0.225 e. The maximum Gasteiger partial charge on any atom is 0.225 e. The van der Waals surface area contributed by atoms with Gasteiger partial charge in [-0.15, -0.1) is 0 Å². The Morgan fingerprint density at radius 3 is 2.69 bits per heavy atom. The quantitative estimate of drug-likeness (QED) is 0.501. The van der Waals surface area contributed by atoms with Crippen molar-refractivity contribution >= 4 is 22.6 Å². The van der Waals surface area contributed by atoms with Gasteiger partial charge in [0.05, 0.1) is 5.56 Å². The number of Topliss-reactive ketones (excluding diaryl/α,β-unsaturated/α-hetero) is 1. The zero-order valence-electron chi connectivity index (χ0n) is 18.2. The van der Waals surface area contributed by atoms with Crippen molar-refractivity contribution in [3.8, 4) is 0 Å². The van der Waals surface area contributed by atoms with E-state index in [1.54, 1.807) is 6.07 Å². The van der Waals surface area contributed by atoms with Gasteiger partial charge in [0.15, 0.2) is 5.78 Å². The average molecular weight is 438 g/mol. The van der Waals surface area contributed by atoms with Crippen LogP contribution < -0.4 is 10.2 Å². The third-order valence-corrected chi connectivity index (χ3v) is 6.84. The van der Waals surface area contributed by atoms with Crippen molar-refractivity contribution < 1.29 is 14.3 Å². The molecule has 0 bridgehead atoms. The van der Waals surface area contributed by atoms with Gasteiger partial charge >= 0.3 is 0 Å². The number of ketones is 1. The minimum absolute atomic E-state index is 0.194. The van der Waals surface area contributed by atoms with Crippen molar-refractivity contribution in [3.05, 3.63) is 53.7 Å². The molecule has 0 amide bonds. The number of aryl methyl sites for hydroxylation is 1. The molecule has 1 saturated carbocycles. The van der Waals surface area contributed by atoms with E-state index in [1.165, 1.54) is 18.5 Å². The van der Waals surface area contributed by atoms with Crippen molar-refractivity contribution in [2.75, 3.05) is 31.1 Å². The number of nitrogens with one attached hydrogen (secondary N) is 1. The fourth-order valence-corrected chi connectivity index (χ4v) is 5.12. The van der Waals surface area contributed by atoms with Crippen molar-refractivity contribution in [3.63, 3.8) is 0 Å². The lowest BCUT2D eigenvalue weighted by molar-refractivity contribution is 0.0903. The molecule has 8 heteroatoms. The Kier molecular flexibility index (Phi) is 5.65. The van der Waals surface area contributed by atoms with Gasteiger partial charge in [0.25, 0.3) is 0 Å². The number of nitrogens with zero attached hydrogens (tertiary/aromatic N) is 4. The Bertz CT molecular complexity index is 1120. The van der Waals surface area contributed by atoms with Crippen LogP contribution in [-0.4, -0.2) is 51.7 Å². The number of aliphatic hydroxyl groups is 1. The molecule has 2 fully saturated rings. The summed E-state index contributed by atoms with van der Waals surface area (Å²) >= 11 is 0. The van der Waals surface area contributed by atoms with Crippen molar-refractivity contribution in [1.82, 2.24) is 19.9 Å². The normalized spacial score (nSPS) is 21.8. The molecule has 32 heavy (non-hydrogen) atoms. The molecule has 168 valence electrons. The number of hydrogen-bond acceptors (Lipinski definition) is 6. The largest absolute Gasteiger partial charge is 0.388 e. The highest BCUT2D eigenvalue weighted by Crippen LogP contribution is 2.51. The van der Waals surface area contributed by atoms with Crippen LogP contribution in [0.2, 0.25) is 0 Å². The number of anilines is 1. The van der Waals surface area contributed by atoms with E-state index in [1.807, 2.05) is 6.07 Å². The van der Waals surface area contributed by atoms with Crippen LogP contribution in [0.15, 0.2) is 36.8 Å². The Balaban J connectivity index is 1.15. The highest BCUT2D eigenvalue weighted by Gasteiger charge is 2.55. The van der Waals surface area contributed by atoms with Crippen LogP contribution >= 0.6 is 0 Å². The third kappa shape index (κ3) is 3.89. The zero-order valence-corrected chi connectivity index (χ0v) is 18.2. The Morgan fingerprint density at radius 2 is 2.00 bits per heavy atom. The van der Waals surface area contributed by atoms with Gasteiger partial charge in [-0.3, -0.25) is 4.79 Å². The number of aromatic nitrogens is 3. The summed E-state index contributed by atoms with van der Waals surface area (Å²) in [5.74, 6) is 1.98. The molecule has 7 nitrogen and oxygen atoms in total. The van der Waals surface area contributed by atoms with Crippen LogP contribution in [0.5, 0.6) is 0 Å². The van der Waals surface area contributed by atoms with E-state index in [0.717, 1.165) is 55.6 Å². The molecule has 1 aromatic carbocycles. The number of carbonyl (C=O) groups is 1. The van der Waals surface area contributed by atoms with Gasteiger partial charge in [0.1, 0.15) is 12.4 Å². The number of piperidine rings is 1. The standard InChI is InChI=1S/C24H28FN5O2/c1-2-5-29-11-16(18-6-17(25)3-4-22(18)29)7-26-10-19-20-12-30(13-21(19)20)24-27-8-15(9-28-24)23(32)14-31/h3-4,6,8-9,11,19-21,26,31H,2,5,7,10,12-14H2,1H3. The first-order chi connectivity index (χ1) is 15.6. The Labute approximate surface area is 186 Å². The molecule has 2 unspecified atom stereocenters. The SMILES string of the molecule is CCCn1cc(CNCC2C3CN(c4ncc(C(=O)CO)cn4)CC23)c2cc(F)ccc21. The predicted molar refractivity (Wildman–Crippen MR) is 120 cm³/mol. The van der Waals surface area contributed by atoms with Crippen LogP contribution in [0, 0.1) is 23.6 Å². The lowest BCUT2D eigenvalue weighted by Crippen LogP contribution is -2.29. The second-order valence-electron chi connectivity index (χ2n) is 8.89. The second kappa shape index (κ2) is 8.60. The minimum Gasteiger partial charge on any atom is -0.388 e. The van der Waals surface area contributed by atoms with E-state index < -0.39 is 6.61 Å². The highest BCUT2D eigenvalue weighted by molar-refractivity contribution is 5.96. The first kappa shape index (κ1) is 21.0. The average Bonchev–Trinajstić information content (AvgIpc) is 3.11. The minimum atomic E-state index is -0.528. The lowest BCUT2D eigenvalue weighted by atomic mass is 10.1. The summed E-state index contributed by atoms with van der Waals surface area (Å²) in [5, 5.41) is 13.5. The summed E-state index contributed by atoms with van der Waals surface area (Å²) in [6.07, 6.45) is 6.17. The summed E-state index contributed by atoms with van der Waals surface area (Å²) in [7, 11) is 0. The van der Waals surface area contributed by atoms with Crippen molar-refractivity contribution in [2.24, 2.45) is 17.8 Å². The molecule has 2 aliphatic rings. The summed E-state index contributed by atoms with van der Waals surface area (Å²) in [5.41, 5.74) is 2.57. The van der Waals surface area contributed by atoms with Gasteiger partial charge in [0, 0.05) is 55.7 Å². The van der Waals surface area contributed by atoms with Crippen LogP contribution in [0.4, 0.5) is 10.3 Å². The first-order valence-corrected chi connectivity index (χ1v) is 11.3. The van der Waals surface area contributed by atoms with E-state index in [2.05, 4.69) is 37.9 Å². The van der Waals surface area contributed by atoms with Gasteiger partial charge < -0.3 is 19.9 Å². The molecule has 2 atom stereocenters. The molecular weight excluding hydrogens is 409 g/mol. The number of benzene rings is 1. The first-order valence-electron chi connectivity index (χ1n) is 11.3. The molecule has 2 aromatic heterocycles. The van der Waals surface area contributed by atoms with Gasteiger partial charge in [-0.25, -0.2) is 14.4 Å². The number of rotatable bonds is 9. The van der Waals surface area contributed by atoms with E-state index >= 15 is 0 Å². The summed E-state index contributed by atoms with van der Waals surface area (Å²) < 4.78 is 16.0. The molecule has 2 N–H and O–H groups in total. The van der Waals surface area contributed by atoms with Gasteiger partial charge in [-0.2, -0.15) is 0 Å². The number of hydrogen-bond donors (Lipinski definition) is 2. The third-order valence-electron chi connectivity index (χ3n) is 6.84. The number of carbonyl (C=O) groups excluding carboxylic acids is 1. The fourth-order valence-electron chi connectivity index (χ4n) is 5.12. The number of fused-ring (bicyclic) bond motifs is 2. The summed E-state index contributed by atoms with van der Waals surface area (Å²) in [6, 6.07) is 5.05. The van der Waals surface area contributed by atoms with E-state index in [4.69, 9.17) is 5.11 Å². The molecule has 3 aromatic rings. The highest BCUT2D eigenvalue weighted by atomic mass is 19.1. The lowest BCUT2D eigenvalue weighted by Gasteiger charge is -2.19. The predicted octanol–water partition coefficient (Wildman–Crippen LogP) is 2.63. The van der Waals surface area contributed by atoms with Crippen LogP contribution in [0.3, 0.4) is 0 Å². The summed E-state index contributed by atoms with van der Waals surface area (Å²) in [6.45, 7) is 6.08. The van der Waals surface area contributed by atoms with E-state index in [0.29, 0.717) is 29.3 Å². The molecule has 1 saturated heterocycles. The van der Waals surface area contributed by atoms with Gasteiger partial charge in [-0.1, -0.05) is 6.92 Å². The maximum atomic E-state index is 13.8. The number of halogens is 1. The Hall–Kier alpha value is -2.84. The van der Waals surface area contributed by atoms with Crippen LogP contribution in [0.1, 0.15) is 29.3 Å². The molecule has 0 radical (unpaired) electrons. The van der Waals surface area contributed by atoms with Crippen molar-refractivity contribution in [1.29, 1.82) is 0 Å². The van der Waals surface area contributed by atoms with Crippen molar-refractivity contribution in [2.45, 2.75) is 26.4 Å². The zero-order chi connectivity index (χ0) is 22.2. The van der Waals surface area contributed by atoms with Gasteiger partial charge in [0.2, 0.25) is 5.95 Å². The molecule has 1 aliphatic heterocycles. The molecular formula is C24H28FN5O2.